The van der Waals surface area contributed by atoms with E-state index in [9.17, 15) is 22.8 Å². The van der Waals surface area contributed by atoms with Crippen LogP contribution in [0.4, 0.5) is 24.5 Å². The number of anilines is 2. The van der Waals surface area contributed by atoms with Gasteiger partial charge in [-0.1, -0.05) is 12.1 Å². The standard InChI is InChI=1S/C19H18F3N3O2/c20-13-5-6-16(15(22)11-13)23-18(26)12-19(27)25-9-7-24(8-10-25)17-4-2-1-3-14(17)21/h1-6,11H,7-10,12H2,(H,23,26). The molecule has 1 N–H and O–H groups in total. The lowest BCUT2D eigenvalue weighted by atomic mass is 10.2. The molecule has 0 bridgehead atoms. The summed E-state index contributed by atoms with van der Waals surface area (Å²) in [5, 5.41) is 2.26. The summed E-state index contributed by atoms with van der Waals surface area (Å²) in [4.78, 5) is 27.6. The summed E-state index contributed by atoms with van der Waals surface area (Å²) in [5.41, 5.74) is 0.299. The van der Waals surface area contributed by atoms with Gasteiger partial charge in [-0.05, 0) is 24.3 Å². The second kappa shape index (κ2) is 8.11. The Morgan fingerprint density at radius 1 is 0.926 bits per heavy atom. The van der Waals surface area contributed by atoms with Gasteiger partial charge in [0.15, 0.2) is 0 Å². The molecular formula is C19H18F3N3O2. The maximum absolute atomic E-state index is 13.8. The highest BCUT2D eigenvalue weighted by Crippen LogP contribution is 2.20. The molecule has 1 saturated heterocycles. The van der Waals surface area contributed by atoms with Gasteiger partial charge in [0.1, 0.15) is 23.9 Å². The minimum absolute atomic E-state index is 0.182. The Bertz CT molecular complexity index is 852. The van der Waals surface area contributed by atoms with E-state index in [1.54, 1.807) is 18.2 Å². The first kappa shape index (κ1) is 18.8. The van der Waals surface area contributed by atoms with Gasteiger partial charge in [0.25, 0.3) is 0 Å². The lowest BCUT2D eigenvalue weighted by Crippen LogP contribution is -2.49. The molecule has 1 aliphatic heterocycles. The van der Waals surface area contributed by atoms with Crippen LogP contribution in [0.2, 0.25) is 0 Å². The van der Waals surface area contributed by atoms with Crippen LogP contribution >= 0.6 is 0 Å². The number of carbonyl (C=O) groups is 2. The van der Waals surface area contributed by atoms with E-state index in [1.807, 2.05) is 4.90 Å². The normalized spacial score (nSPS) is 14.2. The van der Waals surface area contributed by atoms with Crippen molar-refractivity contribution >= 4 is 23.2 Å². The van der Waals surface area contributed by atoms with Crippen molar-refractivity contribution in [3.05, 3.63) is 59.9 Å². The van der Waals surface area contributed by atoms with E-state index < -0.39 is 29.9 Å². The third kappa shape index (κ3) is 4.58. The highest BCUT2D eigenvalue weighted by Gasteiger charge is 2.24. The second-order valence-corrected chi connectivity index (χ2v) is 6.17. The Balaban J connectivity index is 1.52. The summed E-state index contributed by atoms with van der Waals surface area (Å²) in [6, 6.07) is 9.18. The summed E-state index contributed by atoms with van der Waals surface area (Å²) in [6.45, 7) is 1.60. The largest absolute Gasteiger partial charge is 0.366 e. The molecule has 8 heteroatoms. The number of halogens is 3. The lowest BCUT2D eigenvalue weighted by Gasteiger charge is -2.36. The fraction of sp³-hybridized carbons (Fsp3) is 0.263. The van der Waals surface area contributed by atoms with E-state index in [0.29, 0.717) is 37.9 Å². The molecule has 0 atom stereocenters. The van der Waals surface area contributed by atoms with Crippen molar-refractivity contribution in [1.29, 1.82) is 0 Å². The Kier molecular flexibility index (Phi) is 5.63. The summed E-state index contributed by atoms with van der Waals surface area (Å²) in [5.74, 6) is -3.06. The fourth-order valence-electron chi connectivity index (χ4n) is 2.94. The number of hydrogen-bond acceptors (Lipinski definition) is 3. The predicted molar refractivity (Wildman–Crippen MR) is 94.8 cm³/mol. The van der Waals surface area contributed by atoms with Gasteiger partial charge in [0.2, 0.25) is 11.8 Å². The zero-order valence-corrected chi connectivity index (χ0v) is 14.4. The zero-order valence-electron chi connectivity index (χ0n) is 14.4. The van der Waals surface area contributed by atoms with Crippen molar-refractivity contribution < 1.29 is 22.8 Å². The van der Waals surface area contributed by atoms with Crippen molar-refractivity contribution in [1.82, 2.24) is 4.90 Å². The Labute approximate surface area is 154 Å². The average molecular weight is 377 g/mol. The van der Waals surface area contributed by atoms with Crippen LogP contribution in [0.25, 0.3) is 0 Å². The molecule has 1 heterocycles. The van der Waals surface area contributed by atoms with E-state index >= 15 is 0 Å². The number of nitrogens with zero attached hydrogens (tertiary/aromatic N) is 2. The molecule has 2 aromatic carbocycles. The molecule has 0 spiro atoms. The second-order valence-electron chi connectivity index (χ2n) is 6.17. The minimum atomic E-state index is -0.908. The van der Waals surface area contributed by atoms with Crippen LogP contribution in [0.5, 0.6) is 0 Å². The van der Waals surface area contributed by atoms with Gasteiger partial charge in [0.05, 0.1) is 11.4 Å². The van der Waals surface area contributed by atoms with Crippen molar-refractivity contribution in [2.24, 2.45) is 0 Å². The molecule has 1 fully saturated rings. The van der Waals surface area contributed by atoms with E-state index in [-0.39, 0.29) is 11.5 Å². The van der Waals surface area contributed by atoms with Crippen LogP contribution in [-0.2, 0) is 9.59 Å². The molecule has 2 amide bonds. The molecule has 0 aliphatic carbocycles. The van der Waals surface area contributed by atoms with Crippen molar-refractivity contribution in [2.75, 3.05) is 36.4 Å². The minimum Gasteiger partial charge on any atom is -0.366 e. The van der Waals surface area contributed by atoms with Gasteiger partial charge in [0, 0.05) is 32.2 Å². The summed E-state index contributed by atoms with van der Waals surface area (Å²) >= 11 is 0. The number of amides is 2. The van der Waals surface area contributed by atoms with Crippen LogP contribution in [-0.4, -0.2) is 42.9 Å². The van der Waals surface area contributed by atoms with Crippen LogP contribution in [0.3, 0.4) is 0 Å². The number of nitrogens with one attached hydrogen (secondary N) is 1. The summed E-state index contributed by atoms with van der Waals surface area (Å²) < 4.78 is 40.3. The van der Waals surface area contributed by atoms with Gasteiger partial charge in [-0.2, -0.15) is 0 Å². The first-order valence-electron chi connectivity index (χ1n) is 8.46. The lowest BCUT2D eigenvalue weighted by molar-refractivity contribution is -0.134. The number of piperazine rings is 1. The molecule has 0 saturated carbocycles. The first-order chi connectivity index (χ1) is 12.9. The van der Waals surface area contributed by atoms with E-state index in [1.165, 1.54) is 11.0 Å². The van der Waals surface area contributed by atoms with Gasteiger partial charge in [-0.25, -0.2) is 13.2 Å². The molecule has 0 aromatic heterocycles. The number of rotatable bonds is 4. The summed E-state index contributed by atoms with van der Waals surface area (Å²) in [7, 11) is 0. The van der Waals surface area contributed by atoms with Gasteiger partial charge >= 0.3 is 0 Å². The number of carbonyl (C=O) groups excluding carboxylic acids is 2. The maximum atomic E-state index is 13.8. The molecule has 1 aliphatic rings. The van der Waals surface area contributed by atoms with Crippen LogP contribution in [0, 0.1) is 17.5 Å². The molecule has 3 rings (SSSR count). The quantitative estimate of drug-likeness (QED) is 0.834. The Morgan fingerprint density at radius 2 is 1.63 bits per heavy atom. The van der Waals surface area contributed by atoms with Gasteiger partial charge < -0.3 is 15.1 Å². The van der Waals surface area contributed by atoms with E-state index in [2.05, 4.69) is 5.32 Å². The molecule has 0 radical (unpaired) electrons. The number of para-hydroxylation sites is 1. The van der Waals surface area contributed by atoms with Crippen LogP contribution in [0.1, 0.15) is 6.42 Å². The smallest absolute Gasteiger partial charge is 0.233 e. The van der Waals surface area contributed by atoms with Gasteiger partial charge in [-0.3, -0.25) is 9.59 Å². The topological polar surface area (TPSA) is 52.7 Å². The Morgan fingerprint density at radius 3 is 2.30 bits per heavy atom. The predicted octanol–water partition coefficient (Wildman–Crippen LogP) is 2.78. The third-order valence-electron chi connectivity index (χ3n) is 4.34. The van der Waals surface area contributed by atoms with E-state index in [0.717, 1.165) is 12.1 Å². The molecule has 5 nitrogen and oxygen atoms in total. The molecule has 142 valence electrons. The van der Waals surface area contributed by atoms with E-state index in [4.69, 9.17) is 0 Å². The summed E-state index contributed by atoms with van der Waals surface area (Å²) in [6.07, 6.45) is -0.448. The molecule has 27 heavy (non-hydrogen) atoms. The monoisotopic (exact) mass is 377 g/mol. The average Bonchev–Trinajstić information content (AvgIpc) is 2.64. The fourth-order valence-corrected chi connectivity index (χ4v) is 2.94. The molecule has 2 aromatic rings. The van der Waals surface area contributed by atoms with Crippen molar-refractivity contribution in [2.45, 2.75) is 6.42 Å². The highest BCUT2D eigenvalue weighted by molar-refractivity contribution is 6.03. The SMILES string of the molecule is O=C(CC(=O)N1CCN(c2ccccc2F)CC1)Nc1ccc(F)cc1F. The van der Waals surface area contributed by atoms with Crippen molar-refractivity contribution in [3.63, 3.8) is 0 Å². The zero-order chi connectivity index (χ0) is 19.4. The molecular weight excluding hydrogens is 359 g/mol. The van der Waals surface area contributed by atoms with Gasteiger partial charge in [-0.15, -0.1) is 0 Å². The first-order valence-corrected chi connectivity index (χ1v) is 8.46. The molecule has 0 unspecified atom stereocenters. The third-order valence-corrected chi connectivity index (χ3v) is 4.34. The van der Waals surface area contributed by atoms with Crippen LogP contribution < -0.4 is 10.2 Å². The maximum Gasteiger partial charge on any atom is 0.233 e. The number of hydrogen-bond donors (Lipinski definition) is 1. The highest BCUT2D eigenvalue weighted by atomic mass is 19.1. The van der Waals surface area contributed by atoms with Crippen LogP contribution in [0.15, 0.2) is 42.5 Å². The number of benzene rings is 2. The Hall–Kier alpha value is -3.03. The van der Waals surface area contributed by atoms with Crippen molar-refractivity contribution in [3.8, 4) is 0 Å².